The van der Waals surface area contributed by atoms with E-state index in [0.717, 1.165) is 16.5 Å². The summed E-state index contributed by atoms with van der Waals surface area (Å²) in [6.45, 7) is 0.181. The molecule has 0 aliphatic heterocycles. The number of hydrogen-bond donors (Lipinski definition) is 1. The Balaban J connectivity index is 1.17. The standard InChI is InChI=1S/C47H46N2O6S/c1-49(56(52,53)45-23-13-21-38-18-11-12-22-42(38)45)43(30-34-24-26-37(27-25-34)36-16-7-3-8-17-36)46(50)48-41-29-28-40(33-55-47(51)39-19-9-4-10-20-39)44(31-41)54-32-35-14-5-2-6-15-35/h2,4-6,9-15,18-29,31,36,43H,3,7-8,16-17,30,32-33H2,1H3,(H,48,50). The first-order valence-electron chi connectivity index (χ1n) is 19.1. The van der Waals surface area contributed by atoms with E-state index in [9.17, 15) is 18.0 Å². The molecule has 0 aromatic heterocycles. The van der Waals surface area contributed by atoms with Crippen LogP contribution < -0.4 is 10.1 Å². The van der Waals surface area contributed by atoms with Gasteiger partial charge in [0, 0.05) is 29.8 Å². The number of nitrogens with one attached hydrogen (secondary N) is 1. The highest BCUT2D eigenvalue weighted by molar-refractivity contribution is 7.89. The molecule has 0 spiro atoms. The first-order valence-corrected chi connectivity index (χ1v) is 20.6. The zero-order valence-corrected chi connectivity index (χ0v) is 32.3. The molecule has 1 amide bonds. The minimum atomic E-state index is -4.14. The lowest BCUT2D eigenvalue weighted by atomic mass is 9.84. The Morgan fingerprint density at radius 3 is 2.16 bits per heavy atom. The maximum Gasteiger partial charge on any atom is 0.338 e. The van der Waals surface area contributed by atoms with Crippen LogP contribution >= 0.6 is 0 Å². The van der Waals surface area contributed by atoms with Crippen molar-refractivity contribution in [3.05, 3.63) is 173 Å². The molecular weight excluding hydrogens is 721 g/mol. The molecule has 6 aromatic carbocycles. The average molecular weight is 767 g/mol. The van der Waals surface area contributed by atoms with Crippen LogP contribution in [-0.4, -0.2) is 37.7 Å². The molecule has 1 N–H and O–H groups in total. The van der Waals surface area contributed by atoms with Gasteiger partial charge in [-0.05, 0) is 77.6 Å². The predicted octanol–water partition coefficient (Wildman–Crippen LogP) is 9.69. The van der Waals surface area contributed by atoms with Gasteiger partial charge in [-0.25, -0.2) is 13.2 Å². The number of sulfonamides is 1. The van der Waals surface area contributed by atoms with E-state index >= 15 is 0 Å². The third-order valence-corrected chi connectivity index (χ3v) is 12.5. The molecule has 0 heterocycles. The van der Waals surface area contributed by atoms with Gasteiger partial charge >= 0.3 is 5.97 Å². The molecule has 8 nitrogen and oxygen atoms in total. The van der Waals surface area contributed by atoms with Gasteiger partial charge in [-0.3, -0.25) is 4.79 Å². The van der Waals surface area contributed by atoms with Gasteiger partial charge in [0.25, 0.3) is 0 Å². The minimum absolute atomic E-state index is 0.0580. The van der Waals surface area contributed by atoms with Gasteiger partial charge in [-0.1, -0.05) is 128 Å². The van der Waals surface area contributed by atoms with Crippen LogP contribution in [0.15, 0.2) is 150 Å². The van der Waals surface area contributed by atoms with Crippen molar-refractivity contribution in [3.8, 4) is 5.75 Å². The molecule has 0 bridgehead atoms. The first-order chi connectivity index (χ1) is 27.3. The van der Waals surface area contributed by atoms with Crippen LogP contribution in [-0.2, 0) is 39.2 Å². The molecule has 0 radical (unpaired) electrons. The summed E-state index contributed by atoms with van der Waals surface area (Å²) in [5.74, 6) is -0.0273. The van der Waals surface area contributed by atoms with E-state index in [2.05, 4.69) is 17.4 Å². The molecule has 1 aliphatic carbocycles. The van der Waals surface area contributed by atoms with Crippen LogP contribution in [0.4, 0.5) is 5.69 Å². The minimum Gasteiger partial charge on any atom is -0.488 e. The third kappa shape index (κ3) is 9.18. The van der Waals surface area contributed by atoms with E-state index < -0.39 is 27.9 Å². The number of carbonyl (C=O) groups excluding carboxylic acids is 2. The zero-order valence-electron chi connectivity index (χ0n) is 31.5. The molecule has 286 valence electrons. The molecule has 1 fully saturated rings. The second-order valence-corrected chi connectivity index (χ2v) is 16.3. The van der Waals surface area contributed by atoms with Crippen LogP contribution in [0, 0.1) is 0 Å². The smallest absolute Gasteiger partial charge is 0.338 e. The van der Waals surface area contributed by atoms with E-state index in [1.54, 1.807) is 60.7 Å². The zero-order chi connectivity index (χ0) is 38.9. The maximum atomic E-state index is 14.4. The number of hydrogen-bond acceptors (Lipinski definition) is 6. The molecule has 7 rings (SSSR count). The van der Waals surface area contributed by atoms with E-state index in [1.165, 1.54) is 49.0 Å². The van der Waals surface area contributed by atoms with E-state index in [0.29, 0.717) is 33.9 Å². The van der Waals surface area contributed by atoms with Crippen LogP contribution in [0.2, 0.25) is 0 Å². The molecule has 1 aliphatic rings. The first kappa shape index (κ1) is 38.5. The average Bonchev–Trinajstić information content (AvgIpc) is 3.25. The summed E-state index contributed by atoms with van der Waals surface area (Å²) < 4.78 is 41.9. The Bertz CT molecular complexity index is 2370. The van der Waals surface area contributed by atoms with Crippen molar-refractivity contribution in [2.45, 2.75) is 68.6 Å². The number of benzene rings is 6. The third-order valence-electron chi connectivity index (χ3n) is 10.6. The number of likely N-dealkylation sites (N-methyl/N-ethyl adjacent to an activating group) is 1. The number of esters is 1. The Kier molecular flexibility index (Phi) is 12.2. The Morgan fingerprint density at radius 1 is 0.732 bits per heavy atom. The SMILES string of the molecule is CN(C(Cc1ccc(C2CCCCC2)cc1)C(=O)Nc1ccc(COC(=O)c2ccccc2)c(OCc2ccccc2)c1)S(=O)(=O)c1cccc2ccccc12. The van der Waals surface area contributed by atoms with Crippen LogP contribution in [0.3, 0.4) is 0 Å². The quantitative estimate of drug-likeness (QED) is 0.111. The Hall–Kier alpha value is -5.77. The normalized spacial score (nSPS) is 14.0. The van der Waals surface area contributed by atoms with Gasteiger partial charge in [0.05, 0.1) is 10.5 Å². The second kappa shape index (κ2) is 17.8. The fraction of sp³-hybridized carbons (Fsp3) is 0.234. The fourth-order valence-electron chi connectivity index (χ4n) is 7.36. The Labute approximate surface area is 329 Å². The number of amides is 1. The molecule has 9 heteroatoms. The maximum absolute atomic E-state index is 14.4. The van der Waals surface area contributed by atoms with Crippen LogP contribution in [0.25, 0.3) is 10.8 Å². The highest BCUT2D eigenvalue weighted by Gasteiger charge is 2.34. The number of ether oxygens (including phenoxy) is 2. The molecular formula is C47H46N2O6S. The van der Waals surface area contributed by atoms with Crippen molar-refractivity contribution >= 4 is 38.4 Å². The largest absolute Gasteiger partial charge is 0.488 e. The van der Waals surface area contributed by atoms with Crippen molar-refractivity contribution in [2.75, 3.05) is 12.4 Å². The lowest BCUT2D eigenvalue weighted by Crippen LogP contribution is -2.46. The van der Waals surface area contributed by atoms with Gasteiger partial charge in [-0.15, -0.1) is 0 Å². The second-order valence-electron chi connectivity index (χ2n) is 14.3. The van der Waals surface area contributed by atoms with Crippen LogP contribution in [0.5, 0.6) is 5.75 Å². The number of nitrogens with zero attached hydrogens (tertiary/aromatic N) is 1. The van der Waals surface area contributed by atoms with Gasteiger partial charge in [0.15, 0.2) is 0 Å². The van der Waals surface area contributed by atoms with Crippen molar-refractivity contribution in [1.82, 2.24) is 4.31 Å². The van der Waals surface area contributed by atoms with Crippen molar-refractivity contribution in [3.63, 3.8) is 0 Å². The summed E-state index contributed by atoms with van der Waals surface area (Å²) in [6, 6.07) is 43.2. The topological polar surface area (TPSA) is 102 Å². The summed E-state index contributed by atoms with van der Waals surface area (Å²) in [5, 5.41) is 4.37. The van der Waals surface area contributed by atoms with E-state index in [1.807, 2.05) is 72.8 Å². The lowest BCUT2D eigenvalue weighted by molar-refractivity contribution is -0.119. The summed E-state index contributed by atoms with van der Waals surface area (Å²) >= 11 is 0. The van der Waals surface area contributed by atoms with Gasteiger partial charge in [0.2, 0.25) is 15.9 Å². The van der Waals surface area contributed by atoms with Crippen molar-refractivity contribution in [2.24, 2.45) is 0 Å². The number of fused-ring (bicyclic) bond motifs is 1. The lowest BCUT2D eigenvalue weighted by Gasteiger charge is -2.28. The van der Waals surface area contributed by atoms with Gasteiger partial charge in [0.1, 0.15) is 25.0 Å². The van der Waals surface area contributed by atoms with Crippen molar-refractivity contribution < 1.29 is 27.5 Å². The summed E-state index contributed by atoms with van der Waals surface area (Å²) in [4.78, 5) is 27.4. The van der Waals surface area contributed by atoms with Gasteiger partial charge in [-0.2, -0.15) is 4.31 Å². The van der Waals surface area contributed by atoms with E-state index in [-0.39, 0.29) is 24.5 Å². The summed E-state index contributed by atoms with van der Waals surface area (Å²) in [7, 11) is -2.67. The fourth-order valence-corrected chi connectivity index (χ4v) is 8.89. The van der Waals surface area contributed by atoms with Crippen LogP contribution in [0.1, 0.15) is 70.6 Å². The Morgan fingerprint density at radius 2 is 1.41 bits per heavy atom. The molecule has 1 saturated carbocycles. The molecule has 56 heavy (non-hydrogen) atoms. The highest BCUT2D eigenvalue weighted by Crippen LogP contribution is 2.33. The molecule has 0 saturated heterocycles. The number of carbonyl (C=O) groups is 2. The van der Waals surface area contributed by atoms with Gasteiger partial charge < -0.3 is 14.8 Å². The summed E-state index contributed by atoms with van der Waals surface area (Å²) in [6.07, 6.45) is 6.22. The predicted molar refractivity (Wildman–Crippen MR) is 220 cm³/mol. The molecule has 1 atom stereocenters. The molecule has 1 unspecified atom stereocenters. The molecule has 6 aromatic rings. The summed E-state index contributed by atoms with van der Waals surface area (Å²) in [5.41, 5.74) is 4.51. The number of rotatable bonds is 14. The van der Waals surface area contributed by atoms with Crippen molar-refractivity contribution in [1.29, 1.82) is 0 Å². The van der Waals surface area contributed by atoms with E-state index in [4.69, 9.17) is 9.47 Å². The monoisotopic (exact) mass is 766 g/mol. The number of anilines is 1. The highest BCUT2D eigenvalue weighted by atomic mass is 32.2.